The van der Waals surface area contributed by atoms with Crippen LogP contribution in [0.15, 0.2) is 30.3 Å². The minimum atomic E-state index is -0.0873. The van der Waals surface area contributed by atoms with Gasteiger partial charge in [-0.2, -0.15) is 0 Å². The molecular formula is C19H22N2O3. The molecule has 1 aromatic heterocycles. The molecule has 2 aromatic rings. The molecule has 24 heavy (non-hydrogen) atoms. The first-order chi connectivity index (χ1) is 11.7. The lowest BCUT2D eigenvalue weighted by Crippen LogP contribution is -2.32. The number of ether oxygens (including phenoxy) is 2. The highest BCUT2D eigenvalue weighted by Gasteiger charge is 2.26. The number of fused-ring (bicyclic) bond motifs is 1. The van der Waals surface area contributed by atoms with Crippen LogP contribution in [-0.2, 0) is 6.42 Å². The summed E-state index contributed by atoms with van der Waals surface area (Å²) in [6.07, 6.45) is 2.89. The van der Waals surface area contributed by atoms with Gasteiger partial charge in [-0.25, -0.2) is 4.98 Å². The highest BCUT2D eigenvalue weighted by Crippen LogP contribution is 2.34. The van der Waals surface area contributed by atoms with Crippen LogP contribution in [0.1, 0.15) is 34.5 Å². The topological polar surface area (TPSA) is 51.7 Å². The standard InChI is InChI=1S/C19H22N2O3/c1-13-10-11-15(18(20-13)24-3)19(22)21-12-5-4-7-14-16(21)8-6-9-17(14)23-2/h6,8-11H,4-5,7,12H2,1-3H3. The van der Waals surface area contributed by atoms with Gasteiger partial charge in [0.25, 0.3) is 5.91 Å². The van der Waals surface area contributed by atoms with Crippen molar-refractivity contribution in [3.63, 3.8) is 0 Å². The van der Waals surface area contributed by atoms with Gasteiger partial charge >= 0.3 is 0 Å². The van der Waals surface area contributed by atoms with Gasteiger partial charge < -0.3 is 14.4 Å². The van der Waals surface area contributed by atoms with E-state index in [1.807, 2.05) is 36.1 Å². The lowest BCUT2D eigenvalue weighted by Gasteiger charge is -2.24. The van der Waals surface area contributed by atoms with Gasteiger partial charge in [0.1, 0.15) is 11.3 Å². The largest absolute Gasteiger partial charge is 0.496 e. The van der Waals surface area contributed by atoms with Gasteiger partial charge in [-0.05, 0) is 50.5 Å². The summed E-state index contributed by atoms with van der Waals surface area (Å²) in [7, 11) is 3.21. The molecular weight excluding hydrogens is 304 g/mol. The molecule has 126 valence electrons. The molecule has 0 fully saturated rings. The SMILES string of the molecule is COc1cccc2c1CCCCN2C(=O)c1ccc(C)nc1OC. The van der Waals surface area contributed by atoms with Crippen LogP contribution < -0.4 is 14.4 Å². The van der Waals surface area contributed by atoms with Crippen LogP contribution in [0.3, 0.4) is 0 Å². The molecule has 1 aliphatic heterocycles. The minimum Gasteiger partial charge on any atom is -0.496 e. The fourth-order valence-electron chi connectivity index (χ4n) is 3.15. The first-order valence-corrected chi connectivity index (χ1v) is 8.15. The third-order valence-corrected chi connectivity index (χ3v) is 4.35. The van der Waals surface area contributed by atoms with Crippen molar-refractivity contribution in [1.82, 2.24) is 4.98 Å². The Kier molecular flexibility index (Phi) is 4.69. The minimum absolute atomic E-state index is 0.0873. The van der Waals surface area contributed by atoms with Crippen molar-refractivity contribution in [2.75, 3.05) is 25.7 Å². The van der Waals surface area contributed by atoms with Gasteiger partial charge in [0.2, 0.25) is 5.88 Å². The van der Waals surface area contributed by atoms with Crippen LogP contribution in [0.25, 0.3) is 0 Å². The molecule has 0 spiro atoms. The Hall–Kier alpha value is -2.56. The Labute approximate surface area is 142 Å². The van der Waals surface area contributed by atoms with E-state index in [1.54, 1.807) is 13.2 Å². The van der Waals surface area contributed by atoms with Crippen molar-refractivity contribution in [3.05, 3.63) is 47.2 Å². The Bertz CT molecular complexity index is 758. The number of anilines is 1. The summed E-state index contributed by atoms with van der Waals surface area (Å²) in [4.78, 5) is 19.3. The summed E-state index contributed by atoms with van der Waals surface area (Å²) >= 11 is 0. The summed E-state index contributed by atoms with van der Waals surface area (Å²) in [5.41, 5.74) is 3.31. The molecule has 2 heterocycles. The number of nitrogens with zero attached hydrogens (tertiary/aromatic N) is 2. The monoisotopic (exact) mass is 326 g/mol. The average molecular weight is 326 g/mol. The number of carbonyl (C=O) groups excluding carboxylic acids is 1. The first-order valence-electron chi connectivity index (χ1n) is 8.15. The van der Waals surface area contributed by atoms with Crippen LogP contribution in [0.4, 0.5) is 5.69 Å². The second-order valence-electron chi connectivity index (χ2n) is 5.88. The fourth-order valence-corrected chi connectivity index (χ4v) is 3.15. The predicted octanol–water partition coefficient (Wildman–Crippen LogP) is 3.39. The number of benzene rings is 1. The van der Waals surface area contributed by atoms with Crippen molar-refractivity contribution in [2.45, 2.75) is 26.2 Å². The first kappa shape index (κ1) is 16.3. The van der Waals surface area contributed by atoms with Crippen LogP contribution in [0.5, 0.6) is 11.6 Å². The van der Waals surface area contributed by atoms with E-state index in [0.717, 1.165) is 42.0 Å². The zero-order chi connectivity index (χ0) is 17.1. The third-order valence-electron chi connectivity index (χ3n) is 4.35. The fraction of sp³-hybridized carbons (Fsp3) is 0.368. The smallest absolute Gasteiger partial charge is 0.263 e. The number of rotatable bonds is 3. The van der Waals surface area contributed by atoms with E-state index in [0.29, 0.717) is 18.0 Å². The predicted molar refractivity (Wildman–Crippen MR) is 93.1 cm³/mol. The van der Waals surface area contributed by atoms with E-state index in [4.69, 9.17) is 9.47 Å². The number of aromatic nitrogens is 1. The third kappa shape index (κ3) is 2.94. The Morgan fingerprint density at radius 2 is 1.96 bits per heavy atom. The molecule has 0 aliphatic carbocycles. The van der Waals surface area contributed by atoms with Crippen molar-refractivity contribution < 1.29 is 14.3 Å². The number of carbonyl (C=O) groups is 1. The highest BCUT2D eigenvalue weighted by atomic mass is 16.5. The molecule has 0 atom stereocenters. The number of hydrogen-bond donors (Lipinski definition) is 0. The van der Waals surface area contributed by atoms with E-state index >= 15 is 0 Å². The summed E-state index contributed by atoms with van der Waals surface area (Å²) in [6.45, 7) is 2.55. The zero-order valence-corrected chi connectivity index (χ0v) is 14.3. The van der Waals surface area contributed by atoms with Gasteiger partial charge in [-0.3, -0.25) is 4.79 Å². The lowest BCUT2D eigenvalue weighted by atomic mass is 10.1. The van der Waals surface area contributed by atoms with E-state index in [2.05, 4.69) is 4.98 Å². The molecule has 5 heteroatoms. The molecule has 0 bridgehead atoms. The lowest BCUT2D eigenvalue weighted by molar-refractivity contribution is 0.0983. The van der Waals surface area contributed by atoms with Crippen molar-refractivity contribution in [2.24, 2.45) is 0 Å². The molecule has 1 amide bonds. The highest BCUT2D eigenvalue weighted by molar-refractivity contribution is 6.08. The number of aryl methyl sites for hydroxylation is 1. The molecule has 0 saturated carbocycles. The zero-order valence-electron chi connectivity index (χ0n) is 14.3. The maximum Gasteiger partial charge on any atom is 0.263 e. The molecule has 0 N–H and O–H groups in total. The summed E-state index contributed by atoms with van der Waals surface area (Å²) in [6, 6.07) is 9.47. The second-order valence-corrected chi connectivity index (χ2v) is 5.88. The number of pyridine rings is 1. The maximum atomic E-state index is 13.2. The van der Waals surface area contributed by atoms with Crippen molar-refractivity contribution in [3.8, 4) is 11.6 Å². The van der Waals surface area contributed by atoms with E-state index < -0.39 is 0 Å². The van der Waals surface area contributed by atoms with Gasteiger partial charge in [0.05, 0.1) is 19.9 Å². The Morgan fingerprint density at radius 3 is 2.71 bits per heavy atom. The van der Waals surface area contributed by atoms with E-state index in [-0.39, 0.29) is 5.91 Å². The van der Waals surface area contributed by atoms with Crippen LogP contribution in [-0.4, -0.2) is 31.7 Å². The van der Waals surface area contributed by atoms with Crippen LogP contribution in [0.2, 0.25) is 0 Å². The van der Waals surface area contributed by atoms with Crippen LogP contribution >= 0.6 is 0 Å². The molecule has 3 rings (SSSR count). The van der Waals surface area contributed by atoms with Gasteiger partial charge in [-0.1, -0.05) is 6.07 Å². The average Bonchev–Trinajstić information content (AvgIpc) is 2.83. The van der Waals surface area contributed by atoms with Gasteiger partial charge in [0, 0.05) is 17.8 Å². The number of hydrogen-bond acceptors (Lipinski definition) is 4. The molecule has 5 nitrogen and oxygen atoms in total. The van der Waals surface area contributed by atoms with Crippen LogP contribution in [0, 0.1) is 6.92 Å². The molecule has 1 aliphatic rings. The normalized spacial score (nSPS) is 13.9. The number of amides is 1. The Morgan fingerprint density at radius 1 is 1.12 bits per heavy atom. The van der Waals surface area contributed by atoms with Gasteiger partial charge in [-0.15, -0.1) is 0 Å². The molecule has 0 saturated heterocycles. The molecule has 1 aromatic carbocycles. The van der Waals surface area contributed by atoms with E-state index in [9.17, 15) is 4.79 Å². The van der Waals surface area contributed by atoms with Gasteiger partial charge in [0.15, 0.2) is 0 Å². The van der Waals surface area contributed by atoms with E-state index in [1.165, 1.54) is 7.11 Å². The maximum absolute atomic E-state index is 13.2. The summed E-state index contributed by atoms with van der Waals surface area (Å²) in [5.74, 6) is 1.12. The van der Waals surface area contributed by atoms with Crippen molar-refractivity contribution in [1.29, 1.82) is 0 Å². The molecule has 0 radical (unpaired) electrons. The Balaban J connectivity index is 2.05. The summed E-state index contributed by atoms with van der Waals surface area (Å²) < 4.78 is 10.8. The summed E-state index contributed by atoms with van der Waals surface area (Å²) in [5, 5.41) is 0. The quantitative estimate of drug-likeness (QED) is 0.867. The number of methoxy groups -OCH3 is 2. The second kappa shape index (κ2) is 6.91. The van der Waals surface area contributed by atoms with Crippen molar-refractivity contribution >= 4 is 11.6 Å². The molecule has 0 unspecified atom stereocenters.